The molecule has 0 bridgehead atoms. The van der Waals surface area contributed by atoms with Crippen LogP contribution in [0.25, 0.3) is 0 Å². The third-order valence-electron chi connectivity index (χ3n) is 9.63. The Balaban J connectivity index is 3.05. The van der Waals surface area contributed by atoms with Gasteiger partial charge in [0.05, 0.1) is 19.0 Å². The van der Waals surface area contributed by atoms with Gasteiger partial charge in [0, 0.05) is 13.0 Å². The fourth-order valence-electron chi connectivity index (χ4n) is 6.16. The molecular weight excluding hydrogens is 804 g/mol. The summed E-state index contributed by atoms with van der Waals surface area (Å²) in [6.07, 6.45) is -0.238. The molecule has 8 atom stereocenters. The number of carboxylic acids is 2. The van der Waals surface area contributed by atoms with E-state index in [1.165, 1.54) is 18.7 Å². The molecular formula is C38H64N10O13. The minimum atomic E-state index is -1.71. The Morgan fingerprint density at radius 2 is 1.23 bits per heavy atom. The van der Waals surface area contributed by atoms with Crippen LogP contribution in [0, 0.1) is 17.8 Å². The van der Waals surface area contributed by atoms with Crippen molar-refractivity contribution in [1.82, 2.24) is 42.1 Å². The van der Waals surface area contributed by atoms with Gasteiger partial charge in [-0.2, -0.15) is 0 Å². The lowest BCUT2D eigenvalue weighted by atomic mass is 9.99. The monoisotopic (exact) mass is 868 g/mol. The van der Waals surface area contributed by atoms with E-state index in [1.54, 1.807) is 27.7 Å². The second kappa shape index (κ2) is 25.0. The molecule has 1 rings (SSSR count). The van der Waals surface area contributed by atoms with Gasteiger partial charge in [0.25, 0.3) is 0 Å². The zero-order valence-electron chi connectivity index (χ0n) is 36.0. The summed E-state index contributed by atoms with van der Waals surface area (Å²) in [7, 11) is 0. The van der Waals surface area contributed by atoms with Crippen LogP contribution in [0.5, 0.6) is 0 Å². The van der Waals surface area contributed by atoms with Crippen molar-refractivity contribution in [3.63, 3.8) is 0 Å². The van der Waals surface area contributed by atoms with E-state index in [1.807, 2.05) is 13.8 Å². The maximum Gasteiger partial charge on any atom is 0.325 e. The van der Waals surface area contributed by atoms with E-state index in [-0.39, 0.29) is 31.7 Å². The van der Waals surface area contributed by atoms with Gasteiger partial charge < -0.3 is 63.8 Å². The largest absolute Gasteiger partial charge is 0.481 e. The smallest absolute Gasteiger partial charge is 0.325 e. The van der Waals surface area contributed by atoms with Gasteiger partial charge in [-0.05, 0) is 57.3 Å². The Morgan fingerprint density at radius 3 is 1.74 bits per heavy atom. The molecule has 1 aliphatic rings. The van der Waals surface area contributed by atoms with Crippen molar-refractivity contribution in [2.45, 2.75) is 142 Å². The number of hydrogen-bond donors (Lipinski definition) is 11. The highest BCUT2D eigenvalue weighted by atomic mass is 16.4. The zero-order valence-corrected chi connectivity index (χ0v) is 36.0. The van der Waals surface area contributed by atoms with E-state index < -0.39 is 138 Å². The first-order chi connectivity index (χ1) is 28.3. The molecule has 0 saturated carbocycles. The van der Waals surface area contributed by atoms with Gasteiger partial charge in [-0.1, -0.05) is 41.5 Å². The van der Waals surface area contributed by atoms with Gasteiger partial charge in [0.2, 0.25) is 53.2 Å². The molecule has 0 radical (unpaired) electrons. The molecule has 23 nitrogen and oxygen atoms in total. The van der Waals surface area contributed by atoms with Crippen LogP contribution in [0.1, 0.15) is 93.9 Å². The van der Waals surface area contributed by atoms with Crippen LogP contribution in [0.2, 0.25) is 0 Å². The number of amides is 9. The topological polar surface area (TPSA) is 368 Å². The highest BCUT2D eigenvalue weighted by Gasteiger charge is 2.40. The number of carboxylic acid groups (broad SMARTS) is 2. The van der Waals surface area contributed by atoms with Crippen molar-refractivity contribution in [2.24, 2.45) is 29.2 Å². The second-order valence-corrected chi connectivity index (χ2v) is 16.2. The van der Waals surface area contributed by atoms with E-state index >= 15 is 0 Å². The van der Waals surface area contributed by atoms with Gasteiger partial charge in [-0.15, -0.1) is 0 Å². The molecule has 1 fully saturated rings. The standard InChI is InChI=1S/C38H64N10O13/c1-17(2)14-24(37(59)48-13-9-10-25(48)34(56)43-21(8)38(60)61)45-31(53)20(7)42-35(57)29(18(3)4)47-36(58)30(19(5)6)46-33(55)23(15-28(51)52)44-27(50)16-41-32(54)22(39)11-12-26(40)49/h17-25,29-30H,9-16,39H2,1-8H3,(H2,40,49)(H,41,54)(H,42,57)(H,43,56)(H,44,50)(H,45,53)(H,46,55)(H,47,58)(H,51,52)(H,60,61)/t20-,21-,22-,23-,24-,25-,29-,30-/m0/s1. The predicted molar refractivity (Wildman–Crippen MR) is 216 cm³/mol. The van der Waals surface area contributed by atoms with Crippen LogP contribution in [0.3, 0.4) is 0 Å². The molecule has 23 heteroatoms. The quantitative estimate of drug-likeness (QED) is 0.0425. The maximum atomic E-state index is 13.7. The highest BCUT2D eigenvalue weighted by molar-refractivity contribution is 5.98. The van der Waals surface area contributed by atoms with E-state index in [0.717, 1.165) is 0 Å². The summed E-state index contributed by atoms with van der Waals surface area (Å²) in [6, 6.07) is -9.96. The van der Waals surface area contributed by atoms with E-state index in [2.05, 4.69) is 37.2 Å². The zero-order chi connectivity index (χ0) is 46.9. The lowest BCUT2D eigenvalue weighted by Crippen LogP contribution is -2.61. The number of hydrogen-bond acceptors (Lipinski definition) is 12. The molecule has 1 saturated heterocycles. The fourth-order valence-corrected chi connectivity index (χ4v) is 6.16. The summed E-state index contributed by atoms with van der Waals surface area (Å²) in [5.41, 5.74) is 10.7. The number of aliphatic carboxylic acids is 2. The number of nitrogens with one attached hydrogen (secondary N) is 7. The van der Waals surface area contributed by atoms with Crippen molar-refractivity contribution in [3.05, 3.63) is 0 Å². The van der Waals surface area contributed by atoms with Crippen molar-refractivity contribution >= 4 is 65.1 Å². The number of carbonyl (C=O) groups is 11. The number of likely N-dealkylation sites (tertiary alicyclic amines) is 1. The van der Waals surface area contributed by atoms with Gasteiger partial charge in [-0.3, -0.25) is 52.7 Å². The highest BCUT2D eigenvalue weighted by Crippen LogP contribution is 2.21. The number of primary amides is 1. The summed E-state index contributed by atoms with van der Waals surface area (Å²) in [6.45, 7) is 12.1. The molecule has 1 heterocycles. The minimum absolute atomic E-state index is 0.0923. The third kappa shape index (κ3) is 18.1. The van der Waals surface area contributed by atoms with Crippen LogP contribution in [-0.4, -0.2) is 142 Å². The van der Waals surface area contributed by atoms with Crippen LogP contribution in [-0.2, 0) is 52.7 Å². The first kappa shape index (κ1) is 53.1. The number of carbonyl (C=O) groups excluding carboxylic acids is 9. The summed E-state index contributed by atoms with van der Waals surface area (Å²) >= 11 is 0. The van der Waals surface area contributed by atoms with Crippen molar-refractivity contribution in [2.75, 3.05) is 13.1 Å². The first-order valence-corrected chi connectivity index (χ1v) is 20.1. The van der Waals surface area contributed by atoms with Crippen molar-refractivity contribution < 1.29 is 63.0 Å². The Bertz CT molecular complexity index is 1640. The SMILES string of the molecule is CC(C)C[C@H](NC(=O)[C@H](C)NC(=O)[C@@H](NC(=O)[C@@H](NC(=O)[C@H](CC(=O)O)NC(=O)CNC(=O)[C@@H](N)CCC(N)=O)C(C)C)C(C)C)C(=O)N1CCC[C@H]1C(=O)N[C@@H](C)C(=O)O. The molecule has 13 N–H and O–H groups in total. The maximum absolute atomic E-state index is 13.7. The van der Waals surface area contributed by atoms with Crippen LogP contribution < -0.4 is 48.7 Å². The number of nitrogens with two attached hydrogens (primary N) is 2. The molecule has 0 unspecified atom stereocenters. The molecule has 9 amide bonds. The van der Waals surface area contributed by atoms with E-state index in [9.17, 15) is 63.0 Å². The number of nitrogens with zero attached hydrogens (tertiary/aromatic N) is 1. The number of rotatable bonds is 25. The van der Waals surface area contributed by atoms with Crippen molar-refractivity contribution in [1.29, 1.82) is 0 Å². The normalized spacial score (nSPS) is 17.1. The van der Waals surface area contributed by atoms with Gasteiger partial charge in [-0.25, -0.2) is 0 Å². The molecule has 1 aliphatic heterocycles. The van der Waals surface area contributed by atoms with Crippen LogP contribution in [0.15, 0.2) is 0 Å². The van der Waals surface area contributed by atoms with Gasteiger partial charge >= 0.3 is 11.9 Å². The Morgan fingerprint density at radius 1 is 0.672 bits per heavy atom. The average Bonchev–Trinajstić information content (AvgIpc) is 3.65. The third-order valence-corrected chi connectivity index (χ3v) is 9.63. The van der Waals surface area contributed by atoms with Gasteiger partial charge in [0.1, 0.15) is 42.3 Å². The molecule has 344 valence electrons. The molecule has 0 aromatic heterocycles. The van der Waals surface area contributed by atoms with E-state index in [4.69, 9.17) is 11.5 Å². The first-order valence-electron chi connectivity index (χ1n) is 20.1. The second-order valence-electron chi connectivity index (χ2n) is 16.2. The predicted octanol–water partition coefficient (Wildman–Crippen LogP) is -3.45. The van der Waals surface area contributed by atoms with Crippen LogP contribution in [0.4, 0.5) is 0 Å². The Labute approximate surface area is 354 Å². The molecule has 0 aromatic rings. The van der Waals surface area contributed by atoms with E-state index in [0.29, 0.717) is 12.8 Å². The van der Waals surface area contributed by atoms with Crippen molar-refractivity contribution in [3.8, 4) is 0 Å². The molecule has 61 heavy (non-hydrogen) atoms. The molecule has 0 aromatic carbocycles. The van der Waals surface area contributed by atoms with Gasteiger partial charge in [0.15, 0.2) is 0 Å². The average molecular weight is 869 g/mol. The summed E-state index contributed by atoms with van der Waals surface area (Å²) < 4.78 is 0. The Hall–Kier alpha value is -5.87. The minimum Gasteiger partial charge on any atom is -0.481 e. The summed E-state index contributed by atoms with van der Waals surface area (Å²) in [5.74, 6) is -11.1. The fraction of sp³-hybridized carbons (Fsp3) is 0.711. The molecule has 0 spiro atoms. The summed E-state index contributed by atoms with van der Waals surface area (Å²) in [5, 5.41) is 35.6. The van der Waals surface area contributed by atoms with Crippen LogP contribution >= 0.6 is 0 Å². The lowest BCUT2D eigenvalue weighted by Gasteiger charge is -2.31. The summed E-state index contributed by atoms with van der Waals surface area (Å²) in [4.78, 5) is 140. The lowest BCUT2D eigenvalue weighted by molar-refractivity contribution is -0.144. The molecule has 0 aliphatic carbocycles. The Kier molecular flexibility index (Phi) is 21.8.